The number of benzene rings is 2. The second-order valence-electron chi connectivity index (χ2n) is 9.24. The van der Waals surface area contributed by atoms with Crippen molar-refractivity contribution < 1.29 is 14.3 Å². The van der Waals surface area contributed by atoms with Gasteiger partial charge in [0.15, 0.2) is 0 Å². The minimum absolute atomic E-state index is 0.00764. The van der Waals surface area contributed by atoms with E-state index < -0.39 is 0 Å². The van der Waals surface area contributed by atoms with E-state index in [4.69, 9.17) is 9.47 Å². The lowest BCUT2D eigenvalue weighted by molar-refractivity contribution is -0.157. The molecule has 2 aliphatic rings. The second kappa shape index (κ2) is 9.86. The molecule has 4 rings (SSSR count). The third kappa shape index (κ3) is 4.95. The van der Waals surface area contributed by atoms with Crippen molar-refractivity contribution in [3.05, 3.63) is 65.2 Å². The van der Waals surface area contributed by atoms with Gasteiger partial charge in [0.25, 0.3) is 0 Å². The predicted octanol–water partition coefficient (Wildman–Crippen LogP) is 6.55. The van der Waals surface area contributed by atoms with Crippen LogP contribution in [0.15, 0.2) is 48.5 Å². The summed E-state index contributed by atoms with van der Waals surface area (Å²) in [6.45, 7) is 6.89. The first-order valence-electron chi connectivity index (χ1n) is 11.8. The van der Waals surface area contributed by atoms with Crippen molar-refractivity contribution >= 4 is 11.7 Å². The molecule has 0 aliphatic carbocycles. The van der Waals surface area contributed by atoms with Crippen LogP contribution in [0.3, 0.4) is 0 Å². The van der Waals surface area contributed by atoms with E-state index in [0.717, 1.165) is 31.4 Å². The quantitative estimate of drug-likeness (QED) is 0.515. The minimum atomic E-state index is -0.109. The first-order valence-corrected chi connectivity index (χ1v) is 11.8. The van der Waals surface area contributed by atoms with Gasteiger partial charge >= 0.3 is 5.97 Å². The smallest absolute Gasteiger partial charge is 0.305 e. The highest BCUT2D eigenvalue weighted by Crippen LogP contribution is 2.50. The maximum atomic E-state index is 12.0. The lowest BCUT2D eigenvalue weighted by Crippen LogP contribution is -2.40. The Kier molecular flexibility index (Phi) is 6.96. The third-order valence-electron chi connectivity index (χ3n) is 6.66. The molecule has 1 fully saturated rings. The molecule has 2 aliphatic heterocycles. The normalized spacial score (nSPS) is 24.8. The van der Waals surface area contributed by atoms with E-state index in [1.54, 1.807) is 0 Å². The van der Waals surface area contributed by atoms with Crippen molar-refractivity contribution in [1.29, 1.82) is 0 Å². The average Bonchev–Trinajstić information content (AvgIpc) is 2.80. The lowest BCUT2D eigenvalue weighted by atomic mass is 9.76. The molecule has 0 saturated carbocycles. The Morgan fingerprint density at radius 3 is 2.71 bits per heavy atom. The lowest BCUT2D eigenvalue weighted by Gasteiger charge is -2.45. The Morgan fingerprint density at radius 1 is 1.16 bits per heavy atom. The summed E-state index contributed by atoms with van der Waals surface area (Å²) in [5.41, 5.74) is 5.02. The van der Waals surface area contributed by atoms with Gasteiger partial charge in [0.05, 0.1) is 18.2 Å². The van der Waals surface area contributed by atoms with Gasteiger partial charge in [-0.05, 0) is 42.4 Å². The first kappa shape index (κ1) is 21.9. The Balaban J connectivity index is 1.57. The third-order valence-corrected chi connectivity index (χ3v) is 6.66. The summed E-state index contributed by atoms with van der Waals surface area (Å²) < 4.78 is 12.2. The molecule has 4 nitrogen and oxygen atoms in total. The van der Waals surface area contributed by atoms with Gasteiger partial charge in [-0.1, -0.05) is 69.7 Å². The Bertz CT molecular complexity index is 879. The number of carbonyl (C=O) groups is 1. The first-order chi connectivity index (χ1) is 15.1. The number of fused-ring (bicyclic) bond motifs is 3. The van der Waals surface area contributed by atoms with Crippen molar-refractivity contribution in [2.45, 2.75) is 77.0 Å². The van der Waals surface area contributed by atoms with Crippen LogP contribution < -0.4 is 5.32 Å². The maximum Gasteiger partial charge on any atom is 0.305 e. The number of hydrogen-bond acceptors (Lipinski definition) is 4. The summed E-state index contributed by atoms with van der Waals surface area (Å²) in [6.07, 6.45) is 4.29. The maximum absolute atomic E-state index is 12.0. The molecule has 0 spiro atoms. The monoisotopic (exact) mass is 421 g/mol. The fourth-order valence-electron chi connectivity index (χ4n) is 4.83. The Labute approximate surface area is 186 Å². The van der Waals surface area contributed by atoms with Crippen LogP contribution in [0, 0.1) is 5.92 Å². The zero-order valence-electron chi connectivity index (χ0n) is 19.0. The van der Waals surface area contributed by atoms with Crippen LogP contribution >= 0.6 is 0 Å². The van der Waals surface area contributed by atoms with Gasteiger partial charge in [0.2, 0.25) is 0 Å². The highest BCUT2D eigenvalue weighted by atomic mass is 16.6. The van der Waals surface area contributed by atoms with Crippen molar-refractivity contribution in [1.82, 2.24) is 0 Å². The molecule has 2 aromatic carbocycles. The zero-order chi connectivity index (χ0) is 21.8. The standard InChI is InChI=1S/C27H35NO3/c1-4-5-11-25(29)30-17-21-13-14-22-26(19-9-7-6-8-10-19)28-24-15-12-20(18(2)3)16-23(24)27(22)31-21/h6-10,12,15-16,18,21-22,26-28H,4-5,11,13-14,17H2,1-3H3/t21-,22+,26+,27+/m1/s1. The van der Waals surface area contributed by atoms with Gasteiger partial charge in [-0.15, -0.1) is 0 Å². The zero-order valence-corrected chi connectivity index (χ0v) is 19.0. The molecule has 0 aromatic heterocycles. The van der Waals surface area contributed by atoms with E-state index in [-0.39, 0.29) is 24.2 Å². The largest absolute Gasteiger partial charge is 0.463 e. The molecular formula is C27H35NO3. The van der Waals surface area contributed by atoms with Crippen LogP contribution in [0.25, 0.3) is 0 Å². The molecule has 1 N–H and O–H groups in total. The van der Waals surface area contributed by atoms with E-state index in [9.17, 15) is 4.79 Å². The van der Waals surface area contributed by atoms with Crippen LogP contribution in [-0.2, 0) is 14.3 Å². The summed E-state index contributed by atoms with van der Waals surface area (Å²) in [4.78, 5) is 12.0. The molecule has 0 radical (unpaired) electrons. The van der Waals surface area contributed by atoms with Crippen LogP contribution in [0.2, 0.25) is 0 Å². The minimum Gasteiger partial charge on any atom is -0.463 e. The van der Waals surface area contributed by atoms with Gasteiger partial charge in [0, 0.05) is 23.6 Å². The van der Waals surface area contributed by atoms with Crippen molar-refractivity contribution in [2.75, 3.05) is 11.9 Å². The molecule has 4 atom stereocenters. The molecule has 4 heteroatoms. The summed E-state index contributed by atoms with van der Waals surface area (Å²) in [6, 6.07) is 17.6. The molecule has 1 saturated heterocycles. The second-order valence-corrected chi connectivity index (χ2v) is 9.24. The highest BCUT2D eigenvalue weighted by Gasteiger charge is 2.42. The van der Waals surface area contributed by atoms with Crippen LogP contribution in [0.5, 0.6) is 0 Å². The summed E-state index contributed by atoms with van der Waals surface area (Å²) in [5, 5.41) is 3.80. The fraction of sp³-hybridized carbons (Fsp3) is 0.519. The Hall–Kier alpha value is -2.33. The summed E-state index contributed by atoms with van der Waals surface area (Å²) >= 11 is 0. The van der Waals surface area contributed by atoms with Crippen molar-refractivity contribution in [2.24, 2.45) is 5.92 Å². The van der Waals surface area contributed by atoms with Crippen LogP contribution in [-0.4, -0.2) is 18.7 Å². The molecular weight excluding hydrogens is 386 g/mol. The molecule has 0 amide bonds. The van der Waals surface area contributed by atoms with E-state index >= 15 is 0 Å². The molecule has 0 unspecified atom stereocenters. The van der Waals surface area contributed by atoms with Crippen LogP contribution in [0.4, 0.5) is 5.69 Å². The number of ether oxygens (including phenoxy) is 2. The topological polar surface area (TPSA) is 47.6 Å². The number of carbonyl (C=O) groups excluding carboxylic acids is 1. The van der Waals surface area contributed by atoms with E-state index in [1.165, 1.54) is 16.7 Å². The van der Waals surface area contributed by atoms with Gasteiger partial charge in [-0.2, -0.15) is 0 Å². The molecule has 166 valence electrons. The SMILES string of the molecule is CCCCC(=O)OC[C@H]1CC[C@@H]2[C@H](O1)c1cc(C(C)C)ccc1N[C@H]2c1ccccc1. The van der Waals surface area contributed by atoms with Gasteiger partial charge in [-0.3, -0.25) is 4.79 Å². The van der Waals surface area contributed by atoms with Gasteiger partial charge in [0.1, 0.15) is 6.61 Å². The summed E-state index contributed by atoms with van der Waals surface area (Å²) in [5.74, 6) is 0.710. The Morgan fingerprint density at radius 2 is 1.97 bits per heavy atom. The van der Waals surface area contributed by atoms with Crippen molar-refractivity contribution in [3.8, 4) is 0 Å². The number of esters is 1. The molecule has 2 aromatic rings. The fourth-order valence-corrected chi connectivity index (χ4v) is 4.83. The van der Waals surface area contributed by atoms with E-state index in [1.807, 2.05) is 0 Å². The molecule has 0 bridgehead atoms. The molecule has 2 heterocycles. The summed E-state index contributed by atoms with van der Waals surface area (Å²) in [7, 11) is 0. The van der Waals surface area contributed by atoms with Crippen molar-refractivity contribution in [3.63, 3.8) is 0 Å². The highest BCUT2D eigenvalue weighted by molar-refractivity contribution is 5.69. The number of hydrogen-bond donors (Lipinski definition) is 1. The van der Waals surface area contributed by atoms with Crippen LogP contribution in [0.1, 0.15) is 87.6 Å². The van der Waals surface area contributed by atoms with E-state index in [0.29, 0.717) is 24.9 Å². The number of anilines is 1. The van der Waals surface area contributed by atoms with Gasteiger partial charge < -0.3 is 14.8 Å². The predicted molar refractivity (Wildman–Crippen MR) is 124 cm³/mol. The number of nitrogens with one attached hydrogen (secondary N) is 1. The van der Waals surface area contributed by atoms with E-state index in [2.05, 4.69) is 74.6 Å². The number of rotatable bonds is 7. The molecule has 31 heavy (non-hydrogen) atoms. The van der Waals surface area contributed by atoms with Gasteiger partial charge in [-0.25, -0.2) is 0 Å². The average molecular weight is 422 g/mol. The number of unbranched alkanes of at least 4 members (excludes halogenated alkanes) is 1.